The number of aliphatic hydroxyl groups is 1. The highest BCUT2D eigenvalue weighted by molar-refractivity contribution is 8.00. The highest BCUT2D eigenvalue weighted by atomic mass is 32.2. The number of carbonyl (C=O) groups is 2. The van der Waals surface area contributed by atoms with Gasteiger partial charge in [-0.1, -0.05) is 0 Å². The third-order valence-corrected chi connectivity index (χ3v) is 4.71. The molecule has 150 valence electrons. The quantitative estimate of drug-likeness (QED) is 0.580. The van der Waals surface area contributed by atoms with E-state index >= 15 is 0 Å². The molecule has 2 unspecified atom stereocenters. The van der Waals surface area contributed by atoms with Crippen molar-refractivity contribution in [2.75, 3.05) is 23.8 Å². The summed E-state index contributed by atoms with van der Waals surface area (Å²) in [5.74, 6) is -0.926. The Balaban J connectivity index is 2.03. The molecule has 27 heavy (non-hydrogen) atoms. The molecule has 12 heteroatoms. The molecule has 1 aromatic rings. The van der Waals surface area contributed by atoms with Crippen LogP contribution in [0, 0.1) is 0 Å². The number of esters is 1. The van der Waals surface area contributed by atoms with Gasteiger partial charge in [0.15, 0.2) is 18.6 Å². The summed E-state index contributed by atoms with van der Waals surface area (Å²) in [7, 11) is 0. The molecule has 0 aromatic carbocycles. The molecule has 0 saturated carbocycles. The van der Waals surface area contributed by atoms with Crippen LogP contribution in [0.4, 0.5) is 14.6 Å². The molecule has 0 amide bonds. The SMILES string of the molecule is CC(=O)CSCC(=O)OC[C@H]1O[C@@H](n2ccc(N)nc2=O)C(F)[C@@H](F)C1O. The van der Waals surface area contributed by atoms with Gasteiger partial charge in [0, 0.05) is 6.20 Å². The van der Waals surface area contributed by atoms with Crippen LogP contribution in [-0.4, -0.2) is 69.1 Å². The van der Waals surface area contributed by atoms with E-state index in [0.717, 1.165) is 18.0 Å². The summed E-state index contributed by atoms with van der Waals surface area (Å²) in [6.45, 7) is 0.814. The predicted molar refractivity (Wildman–Crippen MR) is 91.6 cm³/mol. The Bertz CT molecular complexity index is 749. The van der Waals surface area contributed by atoms with Gasteiger partial charge < -0.3 is 20.3 Å². The van der Waals surface area contributed by atoms with Gasteiger partial charge >= 0.3 is 11.7 Å². The number of aliphatic hydroxyl groups excluding tert-OH is 1. The van der Waals surface area contributed by atoms with E-state index in [0.29, 0.717) is 4.57 Å². The first kappa shape index (κ1) is 21.3. The maximum absolute atomic E-state index is 14.3. The van der Waals surface area contributed by atoms with Crippen molar-refractivity contribution in [2.45, 2.75) is 37.7 Å². The summed E-state index contributed by atoms with van der Waals surface area (Å²) < 4.78 is 39.2. The molecule has 1 aliphatic heterocycles. The molecule has 5 atom stereocenters. The number of carbonyl (C=O) groups excluding carboxylic acids is 2. The van der Waals surface area contributed by atoms with Gasteiger partial charge in [-0.3, -0.25) is 14.2 Å². The number of nitrogens with two attached hydrogens (primary N) is 1. The smallest absolute Gasteiger partial charge is 0.351 e. The van der Waals surface area contributed by atoms with Crippen molar-refractivity contribution in [2.24, 2.45) is 0 Å². The van der Waals surface area contributed by atoms with E-state index in [1.807, 2.05) is 0 Å². The number of alkyl halides is 2. The molecule has 0 spiro atoms. The first-order chi connectivity index (χ1) is 12.7. The fraction of sp³-hybridized carbons (Fsp3) is 0.600. The first-order valence-electron chi connectivity index (χ1n) is 7.90. The minimum atomic E-state index is -2.37. The molecule has 9 nitrogen and oxygen atoms in total. The van der Waals surface area contributed by atoms with Crippen molar-refractivity contribution < 1.29 is 33.0 Å². The summed E-state index contributed by atoms with van der Waals surface area (Å²) in [6.07, 6.45) is -8.63. The van der Waals surface area contributed by atoms with Gasteiger partial charge in [0.05, 0.1) is 11.5 Å². The Hall–Kier alpha value is -2.05. The van der Waals surface area contributed by atoms with Crippen LogP contribution in [0.2, 0.25) is 0 Å². The number of Topliss-reactive ketones (excluding diaryl/α,β-unsaturated/α-hetero) is 1. The number of ketones is 1. The molecule has 2 rings (SSSR count). The minimum absolute atomic E-state index is 0.104. The fourth-order valence-corrected chi connectivity index (χ4v) is 3.00. The van der Waals surface area contributed by atoms with Crippen LogP contribution in [-0.2, 0) is 19.1 Å². The van der Waals surface area contributed by atoms with Gasteiger partial charge in [0.2, 0.25) is 0 Å². The zero-order valence-electron chi connectivity index (χ0n) is 14.3. The maximum Gasteiger partial charge on any atom is 0.351 e. The average molecular weight is 407 g/mol. The van der Waals surface area contributed by atoms with Gasteiger partial charge in [0.1, 0.15) is 30.4 Å². The van der Waals surface area contributed by atoms with Crippen molar-refractivity contribution >= 4 is 29.3 Å². The molecule has 0 radical (unpaired) electrons. The van der Waals surface area contributed by atoms with Crippen molar-refractivity contribution in [3.05, 3.63) is 22.7 Å². The van der Waals surface area contributed by atoms with Gasteiger partial charge in [-0.2, -0.15) is 4.98 Å². The highest BCUT2D eigenvalue weighted by Crippen LogP contribution is 2.31. The van der Waals surface area contributed by atoms with E-state index < -0.39 is 49.0 Å². The molecular weight excluding hydrogens is 388 g/mol. The molecule has 0 aliphatic carbocycles. The summed E-state index contributed by atoms with van der Waals surface area (Å²) in [4.78, 5) is 37.7. The number of halogens is 2. The lowest BCUT2D eigenvalue weighted by molar-refractivity contribution is -0.223. The van der Waals surface area contributed by atoms with Crippen molar-refractivity contribution in [1.82, 2.24) is 9.55 Å². The lowest BCUT2D eigenvalue weighted by atomic mass is 10.0. The van der Waals surface area contributed by atoms with Crippen LogP contribution in [0.3, 0.4) is 0 Å². The highest BCUT2D eigenvalue weighted by Gasteiger charge is 2.47. The predicted octanol–water partition coefficient (Wildman–Crippen LogP) is -0.375. The van der Waals surface area contributed by atoms with Crippen LogP contribution < -0.4 is 11.4 Å². The fourth-order valence-electron chi connectivity index (χ4n) is 2.36. The Morgan fingerprint density at radius 1 is 1.41 bits per heavy atom. The Morgan fingerprint density at radius 3 is 2.74 bits per heavy atom. The molecule has 1 aromatic heterocycles. The summed E-state index contributed by atoms with van der Waals surface area (Å²) in [5, 5.41) is 9.84. The maximum atomic E-state index is 14.3. The summed E-state index contributed by atoms with van der Waals surface area (Å²) >= 11 is 1.03. The number of hydrogen-bond acceptors (Lipinski definition) is 9. The zero-order valence-corrected chi connectivity index (χ0v) is 15.1. The van der Waals surface area contributed by atoms with Crippen LogP contribution in [0.1, 0.15) is 13.2 Å². The van der Waals surface area contributed by atoms with E-state index in [2.05, 4.69) is 4.98 Å². The van der Waals surface area contributed by atoms with E-state index in [4.69, 9.17) is 15.2 Å². The number of aromatic nitrogens is 2. The van der Waals surface area contributed by atoms with Crippen molar-refractivity contribution in [3.63, 3.8) is 0 Å². The van der Waals surface area contributed by atoms with Crippen LogP contribution in [0.5, 0.6) is 0 Å². The van der Waals surface area contributed by atoms with E-state index in [1.165, 1.54) is 13.0 Å². The molecule has 2 heterocycles. The minimum Gasteiger partial charge on any atom is -0.462 e. The van der Waals surface area contributed by atoms with Crippen molar-refractivity contribution in [1.29, 1.82) is 0 Å². The molecule has 1 fully saturated rings. The summed E-state index contributed by atoms with van der Waals surface area (Å²) in [5.41, 5.74) is 4.40. The summed E-state index contributed by atoms with van der Waals surface area (Å²) in [6, 6.07) is 1.21. The Kier molecular flexibility index (Phi) is 7.27. The number of rotatable bonds is 7. The monoisotopic (exact) mass is 407 g/mol. The van der Waals surface area contributed by atoms with E-state index in [1.54, 1.807) is 0 Å². The lowest BCUT2D eigenvalue weighted by Crippen LogP contribution is -2.55. The second-order valence-corrected chi connectivity index (χ2v) is 6.85. The van der Waals surface area contributed by atoms with Gasteiger partial charge in [0.25, 0.3) is 0 Å². The van der Waals surface area contributed by atoms with Gasteiger partial charge in [-0.15, -0.1) is 11.8 Å². The number of nitrogen functional groups attached to an aromatic ring is 1. The van der Waals surface area contributed by atoms with Crippen molar-refractivity contribution in [3.8, 4) is 0 Å². The lowest BCUT2D eigenvalue weighted by Gasteiger charge is -2.38. The number of nitrogens with zero attached hydrogens (tertiary/aromatic N) is 2. The van der Waals surface area contributed by atoms with Gasteiger partial charge in [-0.05, 0) is 13.0 Å². The standard InChI is InChI=1S/C15H19F2N3O6S/c1-7(21)5-27-6-10(22)25-4-8-13(23)11(16)12(17)14(26-8)20-3-2-9(18)19-15(20)24/h2-3,8,11-14,23H,4-6H2,1H3,(H2,18,19,24)/t8-,11-,12?,13?,14-/m1/s1. The molecule has 0 bridgehead atoms. The van der Waals surface area contributed by atoms with Crippen LogP contribution >= 0.6 is 11.8 Å². The average Bonchev–Trinajstić information content (AvgIpc) is 2.59. The van der Waals surface area contributed by atoms with Crippen LogP contribution in [0.15, 0.2) is 17.1 Å². The molecular formula is C15H19F2N3O6S. The normalized spacial score (nSPS) is 27.9. The molecule has 1 aliphatic rings. The number of anilines is 1. The van der Waals surface area contributed by atoms with Crippen LogP contribution in [0.25, 0.3) is 0 Å². The second kappa shape index (κ2) is 9.24. The molecule has 3 N–H and O–H groups in total. The second-order valence-electron chi connectivity index (χ2n) is 5.86. The largest absolute Gasteiger partial charge is 0.462 e. The third-order valence-electron chi connectivity index (χ3n) is 3.66. The third kappa shape index (κ3) is 5.47. The molecule has 1 saturated heterocycles. The van der Waals surface area contributed by atoms with E-state index in [9.17, 15) is 28.3 Å². The van der Waals surface area contributed by atoms with E-state index in [-0.39, 0.29) is 23.1 Å². The number of thioether (sulfide) groups is 1. The van der Waals surface area contributed by atoms with Gasteiger partial charge in [-0.25, -0.2) is 13.6 Å². The Labute approximate surface area is 156 Å². The zero-order chi connectivity index (χ0) is 20.1. The number of hydrogen-bond donors (Lipinski definition) is 2. The Morgan fingerprint density at radius 2 is 2.11 bits per heavy atom. The number of ether oxygens (including phenoxy) is 2. The topological polar surface area (TPSA) is 134 Å². The first-order valence-corrected chi connectivity index (χ1v) is 9.05.